The number of piperazine rings is 1. The number of anilines is 1. The SMILES string of the molecule is CCc1ccccc1N1CCN(S(=O)(=O)c2c(C)cc(C)c(Br)c2C)CC1. The average Bonchev–Trinajstić information content (AvgIpc) is 2.66. The molecular formula is C21H27BrN2O2S. The highest BCUT2D eigenvalue weighted by atomic mass is 79.9. The molecule has 0 radical (unpaired) electrons. The first kappa shape index (κ1) is 20.4. The van der Waals surface area contributed by atoms with Crippen LogP contribution < -0.4 is 4.90 Å². The predicted molar refractivity (Wildman–Crippen MR) is 115 cm³/mol. The van der Waals surface area contributed by atoms with E-state index in [2.05, 4.69) is 46.0 Å². The van der Waals surface area contributed by atoms with Crippen LogP contribution in [0.25, 0.3) is 0 Å². The predicted octanol–water partition coefficient (Wildman–Crippen LogP) is 4.45. The van der Waals surface area contributed by atoms with Crippen molar-refractivity contribution in [2.75, 3.05) is 31.1 Å². The van der Waals surface area contributed by atoms with Crippen LogP contribution in [0.2, 0.25) is 0 Å². The van der Waals surface area contributed by atoms with Crippen LogP contribution in [0.5, 0.6) is 0 Å². The zero-order chi connectivity index (χ0) is 19.8. The number of para-hydroxylation sites is 1. The third-order valence-electron chi connectivity index (χ3n) is 5.36. The van der Waals surface area contributed by atoms with Gasteiger partial charge in [-0.2, -0.15) is 4.31 Å². The van der Waals surface area contributed by atoms with Crippen molar-refractivity contribution in [1.82, 2.24) is 4.31 Å². The lowest BCUT2D eigenvalue weighted by atomic mass is 10.1. The summed E-state index contributed by atoms with van der Waals surface area (Å²) in [5.74, 6) is 0. The summed E-state index contributed by atoms with van der Waals surface area (Å²) >= 11 is 3.55. The molecule has 0 aliphatic carbocycles. The van der Waals surface area contributed by atoms with Crippen LogP contribution in [0.1, 0.15) is 29.2 Å². The van der Waals surface area contributed by atoms with Gasteiger partial charge < -0.3 is 4.90 Å². The highest BCUT2D eigenvalue weighted by Crippen LogP contribution is 2.33. The third-order valence-corrected chi connectivity index (χ3v) is 8.77. The standard InChI is InChI=1S/C21H27BrN2O2S/c1-5-18-8-6-7-9-19(18)23-10-12-24(13-11-23)27(25,26)21-16(3)14-15(2)20(22)17(21)4/h6-9,14H,5,10-13H2,1-4H3. The molecule has 0 aromatic heterocycles. The Kier molecular flexibility index (Phi) is 5.99. The molecule has 146 valence electrons. The van der Waals surface area contributed by atoms with E-state index in [9.17, 15) is 8.42 Å². The Hall–Kier alpha value is -1.37. The van der Waals surface area contributed by atoms with Gasteiger partial charge in [-0.1, -0.05) is 47.1 Å². The maximum atomic E-state index is 13.3. The smallest absolute Gasteiger partial charge is 0.243 e. The molecule has 1 fully saturated rings. The molecule has 3 rings (SSSR count). The lowest BCUT2D eigenvalue weighted by molar-refractivity contribution is 0.384. The maximum Gasteiger partial charge on any atom is 0.243 e. The van der Waals surface area contributed by atoms with Gasteiger partial charge in [-0.3, -0.25) is 0 Å². The van der Waals surface area contributed by atoms with E-state index in [-0.39, 0.29) is 0 Å². The van der Waals surface area contributed by atoms with Gasteiger partial charge >= 0.3 is 0 Å². The van der Waals surface area contributed by atoms with E-state index in [1.165, 1.54) is 11.3 Å². The van der Waals surface area contributed by atoms with Crippen LogP contribution in [0.4, 0.5) is 5.69 Å². The molecule has 1 aliphatic heterocycles. The van der Waals surface area contributed by atoms with Gasteiger partial charge in [0.15, 0.2) is 0 Å². The van der Waals surface area contributed by atoms with Gasteiger partial charge in [0.25, 0.3) is 0 Å². The Morgan fingerprint density at radius 1 is 1.00 bits per heavy atom. The van der Waals surface area contributed by atoms with Gasteiger partial charge in [-0.25, -0.2) is 8.42 Å². The van der Waals surface area contributed by atoms with Gasteiger partial charge in [-0.05, 0) is 55.5 Å². The number of halogens is 1. The van der Waals surface area contributed by atoms with Gasteiger partial charge in [0.05, 0.1) is 4.90 Å². The molecular weight excluding hydrogens is 424 g/mol. The molecule has 1 heterocycles. The summed E-state index contributed by atoms with van der Waals surface area (Å²) in [6.45, 7) is 10.3. The number of hydrogen-bond donors (Lipinski definition) is 0. The van der Waals surface area contributed by atoms with Crippen LogP contribution in [0.15, 0.2) is 39.7 Å². The van der Waals surface area contributed by atoms with Crippen LogP contribution in [0, 0.1) is 20.8 Å². The molecule has 0 spiro atoms. The van der Waals surface area contributed by atoms with Crippen LogP contribution in [-0.4, -0.2) is 38.9 Å². The highest BCUT2D eigenvalue weighted by molar-refractivity contribution is 9.10. The van der Waals surface area contributed by atoms with Crippen LogP contribution in [0.3, 0.4) is 0 Å². The van der Waals surface area contributed by atoms with Crippen molar-refractivity contribution in [2.24, 2.45) is 0 Å². The molecule has 0 bridgehead atoms. The number of hydrogen-bond acceptors (Lipinski definition) is 3. The maximum absolute atomic E-state index is 13.3. The third kappa shape index (κ3) is 3.80. The molecule has 27 heavy (non-hydrogen) atoms. The first-order valence-electron chi connectivity index (χ1n) is 9.36. The fraction of sp³-hybridized carbons (Fsp3) is 0.429. The zero-order valence-electron chi connectivity index (χ0n) is 16.4. The summed E-state index contributed by atoms with van der Waals surface area (Å²) in [5.41, 5.74) is 5.20. The largest absolute Gasteiger partial charge is 0.369 e. The minimum Gasteiger partial charge on any atom is -0.369 e. The lowest BCUT2D eigenvalue weighted by Crippen LogP contribution is -2.49. The molecule has 2 aromatic carbocycles. The Balaban J connectivity index is 1.85. The normalized spacial score (nSPS) is 16.0. The molecule has 0 N–H and O–H groups in total. The van der Waals surface area contributed by atoms with Crippen molar-refractivity contribution >= 4 is 31.6 Å². The average molecular weight is 451 g/mol. The molecule has 0 unspecified atom stereocenters. The molecule has 1 saturated heterocycles. The van der Waals surface area contributed by atoms with Crippen molar-refractivity contribution in [3.05, 3.63) is 57.1 Å². The van der Waals surface area contributed by atoms with Crippen LogP contribution in [-0.2, 0) is 16.4 Å². The quantitative estimate of drug-likeness (QED) is 0.690. The van der Waals surface area contributed by atoms with E-state index >= 15 is 0 Å². The van der Waals surface area contributed by atoms with Crippen molar-refractivity contribution in [3.63, 3.8) is 0 Å². The summed E-state index contributed by atoms with van der Waals surface area (Å²) in [5, 5.41) is 0. The Morgan fingerprint density at radius 2 is 1.63 bits per heavy atom. The number of sulfonamides is 1. The fourth-order valence-corrected chi connectivity index (χ4v) is 6.26. The molecule has 2 aromatic rings. The monoisotopic (exact) mass is 450 g/mol. The summed E-state index contributed by atoms with van der Waals surface area (Å²) in [6, 6.07) is 10.3. The van der Waals surface area contributed by atoms with E-state index in [0.29, 0.717) is 31.1 Å². The van der Waals surface area contributed by atoms with E-state index in [1.54, 1.807) is 4.31 Å². The molecule has 0 amide bonds. The second-order valence-electron chi connectivity index (χ2n) is 7.15. The fourth-order valence-electron chi connectivity index (χ4n) is 3.96. The van der Waals surface area contributed by atoms with Crippen molar-refractivity contribution in [2.45, 2.75) is 39.0 Å². The van der Waals surface area contributed by atoms with E-state index in [0.717, 1.165) is 27.6 Å². The summed E-state index contributed by atoms with van der Waals surface area (Å²) in [6.07, 6.45) is 0.977. The minimum absolute atomic E-state index is 0.447. The van der Waals surface area contributed by atoms with Crippen molar-refractivity contribution in [1.29, 1.82) is 0 Å². The summed E-state index contributed by atoms with van der Waals surface area (Å²) in [4.78, 5) is 2.75. The number of aryl methyl sites for hydroxylation is 3. The number of benzene rings is 2. The topological polar surface area (TPSA) is 40.6 Å². The molecule has 1 aliphatic rings. The first-order valence-corrected chi connectivity index (χ1v) is 11.6. The van der Waals surface area contributed by atoms with Crippen LogP contribution >= 0.6 is 15.9 Å². The Morgan fingerprint density at radius 3 is 2.26 bits per heavy atom. The molecule has 0 atom stereocenters. The van der Waals surface area contributed by atoms with E-state index in [1.807, 2.05) is 32.9 Å². The first-order chi connectivity index (χ1) is 12.8. The van der Waals surface area contributed by atoms with E-state index < -0.39 is 10.0 Å². The summed E-state index contributed by atoms with van der Waals surface area (Å²) < 4.78 is 29.2. The Labute approximate surface area is 171 Å². The number of nitrogens with zero attached hydrogens (tertiary/aromatic N) is 2. The highest BCUT2D eigenvalue weighted by Gasteiger charge is 2.32. The Bertz CT molecular complexity index is 949. The number of rotatable bonds is 4. The van der Waals surface area contributed by atoms with Gasteiger partial charge in [-0.15, -0.1) is 0 Å². The zero-order valence-corrected chi connectivity index (χ0v) is 18.8. The molecule has 4 nitrogen and oxygen atoms in total. The molecule has 6 heteroatoms. The molecule has 0 saturated carbocycles. The minimum atomic E-state index is -3.51. The van der Waals surface area contributed by atoms with Gasteiger partial charge in [0, 0.05) is 36.3 Å². The summed E-state index contributed by atoms with van der Waals surface area (Å²) in [7, 11) is -3.51. The van der Waals surface area contributed by atoms with E-state index in [4.69, 9.17) is 0 Å². The lowest BCUT2D eigenvalue weighted by Gasteiger charge is -2.36. The second kappa shape index (κ2) is 7.94. The van der Waals surface area contributed by atoms with Gasteiger partial charge in [0.2, 0.25) is 10.0 Å². The van der Waals surface area contributed by atoms with Crippen molar-refractivity contribution < 1.29 is 8.42 Å². The van der Waals surface area contributed by atoms with Gasteiger partial charge in [0.1, 0.15) is 0 Å². The van der Waals surface area contributed by atoms with Crippen molar-refractivity contribution in [3.8, 4) is 0 Å². The second-order valence-corrected chi connectivity index (χ2v) is 9.82.